The molecule has 2 N–H and O–H groups in total. The number of carbonyl (C=O) groups excluding carboxylic acids is 2. The monoisotopic (exact) mass is 490 g/mol. The van der Waals surface area contributed by atoms with E-state index in [1.807, 2.05) is 84.9 Å². The normalized spacial score (nSPS) is 11.1. The summed E-state index contributed by atoms with van der Waals surface area (Å²) in [5, 5.41) is 8.01. The third-order valence-electron chi connectivity index (χ3n) is 4.42. The van der Waals surface area contributed by atoms with Crippen molar-refractivity contribution >= 4 is 47.8 Å². The van der Waals surface area contributed by atoms with Gasteiger partial charge >= 0.3 is 0 Å². The zero-order chi connectivity index (χ0) is 23.8. The predicted molar refractivity (Wildman–Crippen MR) is 141 cm³/mol. The first-order valence-electron chi connectivity index (χ1n) is 10.8. The molecule has 3 aromatic carbocycles. The van der Waals surface area contributed by atoms with Crippen molar-refractivity contribution in [2.45, 2.75) is 22.6 Å². The highest BCUT2D eigenvalue weighted by Gasteiger charge is 2.01. The molecule has 0 heterocycles. The maximum atomic E-state index is 11.9. The lowest BCUT2D eigenvalue weighted by Crippen LogP contribution is -2.18. The summed E-state index contributed by atoms with van der Waals surface area (Å²) in [4.78, 5) is 26.1. The van der Waals surface area contributed by atoms with E-state index in [4.69, 9.17) is 0 Å². The van der Waals surface area contributed by atoms with Gasteiger partial charge in [-0.25, -0.2) is 10.9 Å². The number of thioether (sulfide) groups is 2. The van der Waals surface area contributed by atoms with Crippen molar-refractivity contribution in [3.8, 4) is 0 Å². The lowest BCUT2D eigenvalue weighted by molar-refractivity contribution is -0.121. The maximum absolute atomic E-state index is 11.9. The Labute approximate surface area is 208 Å². The number of rotatable bonds is 12. The number of nitrogens with zero attached hydrogens (tertiary/aromatic N) is 2. The van der Waals surface area contributed by atoms with Crippen molar-refractivity contribution in [3.63, 3.8) is 0 Å². The van der Waals surface area contributed by atoms with Crippen molar-refractivity contribution in [1.82, 2.24) is 10.9 Å². The summed E-state index contributed by atoms with van der Waals surface area (Å²) < 4.78 is 0. The lowest BCUT2D eigenvalue weighted by Gasteiger charge is -2.01. The first-order valence-corrected chi connectivity index (χ1v) is 12.8. The molecule has 8 heteroatoms. The fourth-order valence-corrected chi connectivity index (χ4v) is 4.44. The average Bonchev–Trinajstić information content (AvgIpc) is 2.86. The van der Waals surface area contributed by atoms with Gasteiger partial charge in [-0.3, -0.25) is 9.59 Å². The Morgan fingerprint density at radius 1 is 0.618 bits per heavy atom. The van der Waals surface area contributed by atoms with E-state index in [2.05, 4.69) is 21.1 Å². The molecule has 0 aromatic heterocycles. The van der Waals surface area contributed by atoms with Crippen molar-refractivity contribution in [2.24, 2.45) is 10.2 Å². The van der Waals surface area contributed by atoms with Crippen molar-refractivity contribution in [1.29, 1.82) is 0 Å². The van der Waals surface area contributed by atoms with Gasteiger partial charge in [-0.2, -0.15) is 10.2 Å². The topological polar surface area (TPSA) is 82.9 Å². The molecule has 0 bridgehead atoms. The van der Waals surface area contributed by atoms with Crippen LogP contribution in [0.4, 0.5) is 0 Å². The Kier molecular flexibility index (Phi) is 10.9. The third-order valence-corrected chi connectivity index (χ3v) is 6.45. The summed E-state index contributed by atoms with van der Waals surface area (Å²) in [5.41, 5.74) is 6.79. The van der Waals surface area contributed by atoms with Gasteiger partial charge in [0.25, 0.3) is 0 Å². The second kappa shape index (κ2) is 14.7. The second-order valence-electron chi connectivity index (χ2n) is 7.08. The molecule has 0 spiro atoms. The Bertz CT molecular complexity index is 1000. The number of hydrogen-bond acceptors (Lipinski definition) is 6. The first kappa shape index (κ1) is 25.3. The number of nitrogens with one attached hydrogen (secondary N) is 2. The summed E-state index contributed by atoms with van der Waals surface area (Å²) in [5.74, 6) is 1.14. The summed E-state index contributed by atoms with van der Waals surface area (Å²) >= 11 is 3.28. The molecule has 0 saturated carbocycles. The van der Waals surface area contributed by atoms with Gasteiger partial charge in [-0.15, -0.1) is 23.5 Å². The van der Waals surface area contributed by atoms with E-state index < -0.39 is 0 Å². The Morgan fingerprint density at radius 3 is 1.38 bits per heavy atom. The first-order chi connectivity index (χ1) is 16.7. The van der Waals surface area contributed by atoms with Crippen molar-refractivity contribution < 1.29 is 9.59 Å². The molecule has 0 aliphatic rings. The maximum Gasteiger partial charge on any atom is 0.240 e. The highest BCUT2D eigenvalue weighted by molar-refractivity contribution is 7.99. The highest BCUT2D eigenvalue weighted by Crippen LogP contribution is 2.18. The van der Waals surface area contributed by atoms with Gasteiger partial charge in [-0.1, -0.05) is 60.7 Å². The van der Waals surface area contributed by atoms with Crippen molar-refractivity contribution in [3.05, 3.63) is 96.1 Å². The molecule has 6 nitrogen and oxygen atoms in total. The predicted octanol–water partition coefficient (Wildman–Crippen LogP) is 4.95. The van der Waals surface area contributed by atoms with Crippen LogP contribution in [0.3, 0.4) is 0 Å². The highest BCUT2D eigenvalue weighted by atomic mass is 32.2. The standard InChI is InChI=1S/C26H26N4O2S2/c31-25(15-17-33-23-7-3-1-4-8-23)29-27-19-21-11-13-22(14-12-21)20-28-30-26(32)16-18-34-24-9-5-2-6-10-24/h1-14,19-20H,15-18H2,(H,29,31)(H,30,32)/b27-19-,28-20-. The summed E-state index contributed by atoms with van der Waals surface area (Å²) in [6.07, 6.45) is 3.97. The average molecular weight is 491 g/mol. The molecule has 0 saturated heterocycles. The van der Waals surface area contributed by atoms with Crippen LogP contribution in [0.1, 0.15) is 24.0 Å². The minimum absolute atomic E-state index is 0.124. The van der Waals surface area contributed by atoms with Crippen LogP contribution in [-0.4, -0.2) is 35.7 Å². The van der Waals surface area contributed by atoms with Crippen LogP contribution in [0.5, 0.6) is 0 Å². The van der Waals surface area contributed by atoms with Crippen LogP contribution in [0, 0.1) is 0 Å². The minimum Gasteiger partial charge on any atom is -0.273 e. The number of hydrogen-bond donors (Lipinski definition) is 2. The summed E-state index contributed by atoms with van der Waals surface area (Å²) in [6.45, 7) is 0. The Balaban J connectivity index is 1.31. The van der Waals surface area contributed by atoms with Crippen LogP contribution >= 0.6 is 23.5 Å². The molecule has 2 amide bonds. The van der Waals surface area contributed by atoms with Crippen LogP contribution < -0.4 is 10.9 Å². The largest absolute Gasteiger partial charge is 0.273 e. The van der Waals surface area contributed by atoms with E-state index in [-0.39, 0.29) is 11.8 Å². The number of hydrazone groups is 2. The molecule has 34 heavy (non-hydrogen) atoms. The summed E-state index contributed by atoms with van der Waals surface area (Å²) in [7, 11) is 0. The van der Waals surface area contributed by atoms with Gasteiger partial charge in [0.15, 0.2) is 0 Å². The van der Waals surface area contributed by atoms with Gasteiger partial charge in [0.1, 0.15) is 0 Å². The lowest BCUT2D eigenvalue weighted by atomic mass is 10.2. The van der Waals surface area contributed by atoms with Gasteiger partial charge in [-0.05, 0) is 35.4 Å². The van der Waals surface area contributed by atoms with E-state index in [1.54, 1.807) is 36.0 Å². The zero-order valence-electron chi connectivity index (χ0n) is 18.6. The fourth-order valence-electron chi connectivity index (χ4n) is 2.69. The molecular weight excluding hydrogens is 464 g/mol. The molecule has 3 rings (SSSR count). The molecule has 0 fully saturated rings. The van der Waals surface area contributed by atoms with E-state index in [9.17, 15) is 9.59 Å². The van der Waals surface area contributed by atoms with E-state index in [0.717, 1.165) is 20.9 Å². The van der Waals surface area contributed by atoms with Crippen LogP contribution in [0.2, 0.25) is 0 Å². The molecule has 0 aliphatic heterocycles. The number of benzene rings is 3. The molecule has 174 valence electrons. The Morgan fingerprint density at radius 2 is 1.00 bits per heavy atom. The van der Waals surface area contributed by atoms with E-state index in [1.165, 1.54) is 0 Å². The summed E-state index contributed by atoms with van der Waals surface area (Å²) in [6, 6.07) is 27.4. The van der Waals surface area contributed by atoms with Crippen molar-refractivity contribution in [2.75, 3.05) is 11.5 Å². The van der Waals surface area contributed by atoms with Gasteiger partial charge < -0.3 is 0 Å². The van der Waals surface area contributed by atoms with E-state index in [0.29, 0.717) is 24.3 Å². The van der Waals surface area contributed by atoms with Gasteiger partial charge in [0.2, 0.25) is 11.8 Å². The SMILES string of the molecule is O=C(CCSc1ccccc1)N/N=C\c1ccc(/C=N\NC(=O)CCSc2ccccc2)cc1. The molecule has 0 atom stereocenters. The zero-order valence-corrected chi connectivity index (χ0v) is 20.2. The molecular formula is C26H26N4O2S2. The fraction of sp³-hybridized carbons (Fsp3) is 0.154. The van der Waals surface area contributed by atoms with Gasteiger partial charge in [0, 0.05) is 34.1 Å². The van der Waals surface area contributed by atoms with Crippen LogP contribution in [0.25, 0.3) is 0 Å². The number of carbonyl (C=O) groups is 2. The quantitative estimate of drug-likeness (QED) is 0.214. The van der Waals surface area contributed by atoms with Crippen LogP contribution in [0.15, 0.2) is 105 Å². The molecule has 0 unspecified atom stereocenters. The molecule has 3 aromatic rings. The van der Waals surface area contributed by atoms with Gasteiger partial charge in [0.05, 0.1) is 12.4 Å². The molecule has 0 radical (unpaired) electrons. The number of amides is 2. The minimum atomic E-state index is -0.124. The Hall–Kier alpha value is -3.36. The van der Waals surface area contributed by atoms with Crippen LogP contribution in [-0.2, 0) is 9.59 Å². The molecule has 0 aliphatic carbocycles. The smallest absolute Gasteiger partial charge is 0.240 e. The third kappa shape index (κ3) is 10.1. The second-order valence-corrected chi connectivity index (χ2v) is 9.41. The van der Waals surface area contributed by atoms with E-state index >= 15 is 0 Å².